The molecule has 2 heterocycles. The van der Waals surface area contributed by atoms with Crippen LogP contribution in [0.15, 0.2) is 53.1 Å². The van der Waals surface area contributed by atoms with Crippen molar-refractivity contribution in [2.24, 2.45) is 0 Å². The molecule has 1 saturated carbocycles. The fourth-order valence-electron chi connectivity index (χ4n) is 3.11. The fourth-order valence-corrected chi connectivity index (χ4v) is 3.11. The third kappa shape index (κ3) is 3.69. The Morgan fingerprint density at radius 3 is 2.77 bits per heavy atom. The van der Waals surface area contributed by atoms with Gasteiger partial charge in [-0.3, -0.25) is 4.79 Å². The van der Waals surface area contributed by atoms with Crippen LogP contribution in [0.4, 0.5) is 0 Å². The van der Waals surface area contributed by atoms with Crippen LogP contribution in [0.3, 0.4) is 0 Å². The largest absolute Gasteiger partial charge is 0.419 e. The Kier molecular flexibility index (Phi) is 4.82. The summed E-state index contributed by atoms with van der Waals surface area (Å²) in [4.78, 5) is 12.3. The van der Waals surface area contributed by atoms with Crippen LogP contribution >= 0.6 is 0 Å². The predicted octanol–water partition coefficient (Wildman–Crippen LogP) is 3.16. The summed E-state index contributed by atoms with van der Waals surface area (Å²) in [5, 5.41) is 11.3. The molecular weight excluding hydrogens is 328 g/mol. The van der Waals surface area contributed by atoms with Gasteiger partial charge in [-0.15, -0.1) is 10.2 Å². The van der Waals surface area contributed by atoms with Crippen molar-refractivity contribution in [2.75, 3.05) is 6.54 Å². The molecule has 0 radical (unpaired) electrons. The standard InChI is InChI=1S/C20H22N4O2/c25-18(21-12-11-15-6-2-1-3-7-15)14-24-13-5-10-17(24)20-23-22-19(26-20)16-8-4-9-16/h1-3,5-7,10,13,16H,4,8-9,11-12,14H2,(H,21,25). The number of carbonyl (C=O) groups excluding carboxylic acids is 1. The highest BCUT2D eigenvalue weighted by Crippen LogP contribution is 2.36. The maximum absolute atomic E-state index is 12.3. The molecule has 0 unspecified atom stereocenters. The second-order valence-corrected chi connectivity index (χ2v) is 6.68. The summed E-state index contributed by atoms with van der Waals surface area (Å²) in [6, 6.07) is 13.9. The van der Waals surface area contributed by atoms with Crippen molar-refractivity contribution in [1.29, 1.82) is 0 Å². The molecule has 3 aromatic rings. The van der Waals surface area contributed by atoms with Crippen LogP contribution in [0, 0.1) is 0 Å². The van der Waals surface area contributed by atoms with E-state index in [2.05, 4.69) is 27.6 Å². The minimum Gasteiger partial charge on any atom is -0.419 e. The van der Waals surface area contributed by atoms with E-state index in [1.54, 1.807) is 0 Å². The van der Waals surface area contributed by atoms with Crippen LogP contribution in [0.2, 0.25) is 0 Å². The lowest BCUT2D eigenvalue weighted by molar-refractivity contribution is -0.121. The molecule has 1 aliphatic rings. The summed E-state index contributed by atoms with van der Waals surface area (Å²) < 4.78 is 7.66. The molecule has 1 N–H and O–H groups in total. The smallest absolute Gasteiger partial charge is 0.264 e. The van der Waals surface area contributed by atoms with Crippen molar-refractivity contribution in [3.05, 3.63) is 60.1 Å². The Morgan fingerprint density at radius 2 is 2.00 bits per heavy atom. The molecule has 0 spiro atoms. The second-order valence-electron chi connectivity index (χ2n) is 6.68. The summed E-state index contributed by atoms with van der Waals surface area (Å²) in [5.74, 6) is 1.57. The first-order valence-electron chi connectivity index (χ1n) is 9.09. The van der Waals surface area contributed by atoms with Crippen molar-refractivity contribution in [3.8, 4) is 11.6 Å². The van der Waals surface area contributed by atoms with Gasteiger partial charge in [0.2, 0.25) is 11.8 Å². The van der Waals surface area contributed by atoms with Gasteiger partial charge in [0.1, 0.15) is 12.2 Å². The van der Waals surface area contributed by atoms with Gasteiger partial charge >= 0.3 is 0 Å². The summed E-state index contributed by atoms with van der Waals surface area (Å²) in [6.45, 7) is 0.851. The molecule has 134 valence electrons. The molecule has 2 aromatic heterocycles. The van der Waals surface area contributed by atoms with Gasteiger partial charge in [-0.05, 0) is 37.0 Å². The van der Waals surface area contributed by atoms with E-state index in [9.17, 15) is 4.79 Å². The molecule has 1 amide bonds. The van der Waals surface area contributed by atoms with E-state index in [-0.39, 0.29) is 12.5 Å². The number of rotatable bonds is 7. The molecule has 1 aromatic carbocycles. The second kappa shape index (κ2) is 7.56. The third-order valence-electron chi connectivity index (χ3n) is 4.84. The van der Waals surface area contributed by atoms with E-state index in [0.717, 1.165) is 25.0 Å². The Hall–Kier alpha value is -2.89. The Balaban J connectivity index is 1.34. The number of carbonyl (C=O) groups is 1. The van der Waals surface area contributed by atoms with E-state index in [0.29, 0.717) is 24.2 Å². The first-order valence-corrected chi connectivity index (χ1v) is 9.09. The number of aromatic nitrogens is 3. The molecule has 1 fully saturated rings. The predicted molar refractivity (Wildman–Crippen MR) is 97.5 cm³/mol. The molecule has 1 aliphatic carbocycles. The highest BCUT2D eigenvalue weighted by atomic mass is 16.4. The molecule has 0 bridgehead atoms. The number of hydrogen-bond donors (Lipinski definition) is 1. The minimum absolute atomic E-state index is 0.0305. The van der Waals surface area contributed by atoms with Crippen LogP contribution in [0.5, 0.6) is 0 Å². The minimum atomic E-state index is -0.0305. The van der Waals surface area contributed by atoms with Crippen molar-refractivity contribution < 1.29 is 9.21 Å². The number of nitrogens with zero attached hydrogens (tertiary/aromatic N) is 3. The van der Waals surface area contributed by atoms with Gasteiger partial charge in [0.25, 0.3) is 5.89 Å². The number of benzene rings is 1. The first-order chi connectivity index (χ1) is 12.8. The summed E-state index contributed by atoms with van der Waals surface area (Å²) in [6.07, 6.45) is 6.14. The van der Waals surface area contributed by atoms with Gasteiger partial charge in [-0.1, -0.05) is 36.8 Å². The van der Waals surface area contributed by atoms with Gasteiger partial charge in [0.15, 0.2) is 0 Å². The zero-order chi connectivity index (χ0) is 17.8. The number of hydrogen-bond acceptors (Lipinski definition) is 4. The Morgan fingerprint density at radius 1 is 1.15 bits per heavy atom. The molecule has 26 heavy (non-hydrogen) atoms. The van der Waals surface area contributed by atoms with E-state index in [1.807, 2.05) is 41.1 Å². The number of amides is 1. The van der Waals surface area contributed by atoms with E-state index in [4.69, 9.17) is 4.42 Å². The Labute approximate surface area is 152 Å². The molecule has 6 heteroatoms. The normalized spacial score (nSPS) is 14.2. The lowest BCUT2D eigenvalue weighted by atomic mass is 9.85. The lowest BCUT2D eigenvalue weighted by Crippen LogP contribution is -2.29. The van der Waals surface area contributed by atoms with Gasteiger partial charge in [0.05, 0.1) is 0 Å². The maximum Gasteiger partial charge on any atom is 0.264 e. The monoisotopic (exact) mass is 350 g/mol. The van der Waals surface area contributed by atoms with E-state index in [1.165, 1.54) is 12.0 Å². The SMILES string of the molecule is O=C(Cn1cccc1-c1nnc(C2CCC2)o1)NCCc1ccccc1. The first kappa shape index (κ1) is 16.6. The summed E-state index contributed by atoms with van der Waals surface area (Å²) in [7, 11) is 0. The van der Waals surface area contributed by atoms with Gasteiger partial charge in [-0.25, -0.2) is 0 Å². The zero-order valence-electron chi connectivity index (χ0n) is 14.6. The molecule has 0 aliphatic heterocycles. The van der Waals surface area contributed by atoms with Crippen LogP contribution in [0.25, 0.3) is 11.6 Å². The number of nitrogens with one attached hydrogen (secondary N) is 1. The molecule has 6 nitrogen and oxygen atoms in total. The molecule has 0 atom stereocenters. The molecule has 4 rings (SSSR count). The third-order valence-corrected chi connectivity index (χ3v) is 4.84. The summed E-state index contributed by atoms with van der Waals surface area (Å²) in [5.41, 5.74) is 1.99. The topological polar surface area (TPSA) is 73.0 Å². The Bertz CT molecular complexity index is 865. The van der Waals surface area contributed by atoms with E-state index >= 15 is 0 Å². The van der Waals surface area contributed by atoms with Gasteiger partial charge in [-0.2, -0.15) is 0 Å². The van der Waals surface area contributed by atoms with Gasteiger partial charge in [0, 0.05) is 18.7 Å². The molecule has 0 saturated heterocycles. The quantitative estimate of drug-likeness (QED) is 0.710. The summed E-state index contributed by atoms with van der Waals surface area (Å²) >= 11 is 0. The van der Waals surface area contributed by atoms with Gasteiger partial charge < -0.3 is 14.3 Å². The van der Waals surface area contributed by atoms with Crippen molar-refractivity contribution in [3.63, 3.8) is 0 Å². The zero-order valence-corrected chi connectivity index (χ0v) is 14.6. The highest BCUT2D eigenvalue weighted by molar-refractivity contribution is 5.76. The fraction of sp³-hybridized carbons (Fsp3) is 0.350. The average molecular weight is 350 g/mol. The van der Waals surface area contributed by atoms with Crippen molar-refractivity contribution in [1.82, 2.24) is 20.1 Å². The average Bonchev–Trinajstić information content (AvgIpc) is 3.24. The highest BCUT2D eigenvalue weighted by Gasteiger charge is 2.26. The van der Waals surface area contributed by atoms with Crippen molar-refractivity contribution in [2.45, 2.75) is 38.1 Å². The van der Waals surface area contributed by atoms with Crippen LogP contribution in [0.1, 0.15) is 36.6 Å². The van der Waals surface area contributed by atoms with Crippen LogP contribution in [-0.2, 0) is 17.8 Å². The molecular formula is C20H22N4O2. The van der Waals surface area contributed by atoms with E-state index < -0.39 is 0 Å². The maximum atomic E-state index is 12.3. The van der Waals surface area contributed by atoms with Crippen LogP contribution < -0.4 is 5.32 Å². The van der Waals surface area contributed by atoms with Crippen molar-refractivity contribution >= 4 is 5.91 Å². The lowest BCUT2D eigenvalue weighted by Gasteiger charge is -2.20. The van der Waals surface area contributed by atoms with Crippen LogP contribution in [-0.4, -0.2) is 27.2 Å².